The van der Waals surface area contributed by atoms with Gasteiger partial charge in [-0.3, -0.25) is 9.78 Å². The van der Waals surface area contributed by atoms with Crippen molar-refractivity contribution in [3.05, 3.63) is 29.6 Å². The molecule has 0 aliphatic heterocycles. The number of methoxy groups -OCH3 is 1. The third-order valence-corrected chi connectivity index (χ3v) is 5.06. The molecule has 1 fully saturated rings. The van der Waals surface area contributed by atoms with Gasteiger partial charge < -0.3 is 9.47 Å². The molecule has 1 aromatic heterocycles. The van der Waals surface area contributed by atoms with Crippen LogP contribution in [0.2, 0.25) is 0 Å². The Labute approximate surface area is 146 Å². The van der Waals surface area contributed by atoms with Crippen LogP contribution in [-0.4, -0.2) is 30.3 Å². The summed E-state index contributed by atoms with van der Waals surface area (Å²) >= 11 is 0. The van der Waals surface area contributed by atoms with Crippen molar-refractivity contribution in [1.82, 2.24) is 4.98 Å². The Morgan fingerprint density at radius 2 is 2.17 bits per heavy atom. The Morgan fingerprint density at radius 1 is 1.42 bits per heavy atom. The molecule has 1 unspecified atom stereocenters. The monoisotopic (exact) mass is 333 g/mol. The predicted molar refractivity (Wildman–Crippen MR) is 94.8 cm³/mol. The topological polar surface area (TPSA) is 48.4 Å². The zero-order valence-electron chi connectivity index (χ0n) is 15.5. The van der Waals surface area contributed by atoms with E-state index >= 15 is 0 Å². The fourth-order valence-corrected chi connectivity index (χ4v) is 3.27. The van der Waals surface area contributed by atoms with Crippen LogP contribution >= 0.6 is 0 Å². The van der Waals surface area contributed by atoms with E-state index in [9.17, 15) is 4.79 Å². The number of aromatic nitrogens is 1. The van der Waals surface area contributed by atoms with Crippen LogP contribution in [0, 0.1) is 11.8 Å². The maximum atomic E-state index is 12.3. The van der Waals surface area contributed by atoms with Gasteiger partial charge in [-0.15, -0.1) is 0 Å². The van der Waals surface area contributed by atoms with E-state index in [1.165, 1.54) is 31.2 Å². The molecule has 134 valence electrons. The summed E-state index contributed by atoms with van der Waals surface area (Å²) in [5, 5.41) is 0. The van der Waals surface area contributed by atoms with E-state index in [1.807, 2.05) is 20.0 Å². The fraction of sp³-hybridized carbons (Fsp3) is 0.700. The van der Waals surface area contributed by atoms with Crippen LogP contribution in [0.4, 0.5) is 0 Å². The van der Waals surface area contributed by atoms with Gasteiger partial charge in [0, 0.05) is 25.4 Å². The van der Waals surface area contributed by atoms with Crippen LogP contribution in [0.15, 0.2) is 18.3 Å². The Hall–Kier alpha value is -1.26. The van der Waals surface area contributed by atoms with E-state index in [0.717, 1.165) is 18.0 Å². The lowest BCUT2D eigenvalue weighted by atomic mass is 9.82. The molecular formula is C20H31NO3. The molecule has 1 heterocycles. The van der Waals surface area contributed by atoms with Crippen LogP contribution in [0.5, 0.6) is 0 Å². The summed E-state index contributed by atoms with van der Waals surface area (Å²) in [5.74, 6) is 1.04. The second kappa shape index (κ2) is 8.72. The van der Waals surface area contributed by atoms with Gasteiger partial charge in [-0.05, 0) is 49.3 Å². The number of pyridine rings is 1. The number of Topliss-reactive ketones (excluding diaryl/α,β-unsaturated/α-hetero) is 1. The first-order valence-electron chi connectivity index (χ1n) is 9.05. The van der Waals surface area contributed by atoms with Crippen molar-refractivity contribution in [2.45, 2.75) is 64.9 Å². The van der Waals surface area contributed by atoms with Gasteiger partial charge in [0.05, 0.1) is 0 Å². The van der Waals surface area contributed by atoms with Gasteiger partial charge in [0.1, 0.15) is 12.4 Å². The predicted octanol–water partition coefficient (Wildman–Crippen LogP) is 3.96. The van der Waals surface area contributed by atoms with E-state index in [2.05, 4.69) is 17.1 Å². The number of hydrogen-bond donors (Lipinski definition) is 0. The lowest BCUT2D eigenvalue weighted by Crippen LogP contribution is -2.48. The normalized spacial score (nSPS) is 17.0. The number of aryl methyl sites for hydroxylation is 1. The van der Waals surface area contributed by atoms with Crippen molar-refractivity contribution >= 4 is 5.78 Å². The largest absolute Gasteiger partial charge is 0.359 e. The summed E-state index contributed by atoms with van der Waals surface area (Å²) in [7, 11) is 1.57. The van der Waals surface area contributed by atoms with Gasteiger partial charge in [-0.25, -0.2) is 0 Å². The number of hydrogen-bond acceptors (Lipinski definition) is 4. The van der Waals surface area contributed by atoms with Crippen LogP contribution < -0.4 is 0 Å². The minimum atomic E-state index is -0.879. The molecule has 1 aliphatic rings. The molecule has 0 spiro atoms. The number of ether oxygens (including phenoxy) is 2. The number of ketones is 1. The highest BCUT2D eigenvalue weighted by Gasteiger charge is 2.40. The van der Waals surface area contributed by atoms with E-state index < -0.39 is 5.60 Å². The molecule has 1 aromatic rings. The average molecular weight is 333 g/mol. The van der Waals surface area contributed by atoms with Crippen LogP contribution in [0.1, 0.15) is 57.7 Å². The molecule has 1 aliphatic carbocycles. The Kier molecular flexibility index (Phi) is 6.93. The molecule has 0 aromatic carbocycles. The maximum absolute atomic E-state index is 12.3. The molecule has 4 heteroatoms. The average Bonchev–Trinajstić information content (AvgIpc) is 3.35. The molecule has 0 saturated heterocycles. The van der Waals surface area contributed by atoms with Crippen LogP contribution in [-0.2, 0) is 27.1 Å². The lowest BCUT2D eigenvalue weighted by Gasteiger charge is -2.34. The molecule has 1 saturated carbocycles. The smallest absolute Gasteiger partial charge is 0.162 e. The molecular weight excluding hydrogens is 302 g/mol. The van der Waals surface area contributed by atoms with Crippen molar-refractivity contribution in [3.63, 3.8) is 0 Å². The molecule has 0 radical (unpaired) electrons. The summed E-state index contributed by atoms with van der Waals surface area (Å²) in [6.45, 7) is 5.72. The highest BCUT2D eigenvalue weighted by atomic mass is 16.7. The van der Waals surface area contributed by atoms with Crippen molar-refractivity contribution < 1.29 is 14.3 Å². The van der Waals surface area contributed by atoms with Crippen LogP contribution in [0.25, 0.3) is 0 Å². The molecule has 2 rings (SSSR count). The van der Waals surface area contributed by atoms with Crippen molar-refractivity contribution in [2.75, 3.05) is 13.9 Å². The van der Waals surface area contributed by atoms with Crippen molar-refractivity contribution in [3.8, 4) is 0 Å². The second-order valence-corrected chi connectivity index (χ2v) is 7.32. The van der Waals surface area contributed by atoms with E-state index in [0.29, 0.717) is 6.42 Å². The third kappa shape index (κ3) is 5.12. The zero-order valence-corrected chi connectivity index (χ0v) is 15.5. The number of rotatable bonds is 11. The quantitative estimate of drug-likeness (QED) is 0.575. The molecule has 0 N–H and O–H groups in total. The second-order valence-electron chi connectivity index (χ2n) is 7.32. The van der Waals surface area contributed by atoms with Crippen molar-refractivity contribution in [2.24, 2.45) is 11.8 Å². The van der Waals surface area contributed by atoms with Gasteiger partial charge >= 0.3 is 0 Å². The standard InChI is InChI=1S/C20H31NO3/c1-15(2)20(16(3)22,24-14-23-4)13-19-12-18(10-11-21-19)7-5-6-17-8-9-17/h10-12,15,17H,5-9,13-14H2,1-4H3. The molecule has 24 heavy (non-hydrogen) atoms. The number of nitrogens with zero attached hydrogens (tertiary/aromatic N) is 1. The Bertz CT molecular complexity index is 539. The lowest BCUT2D eigenvalue weighted by molar-refractivity contribution is -0.171. The SMILES string of the molecule is COCOC(Cc1cc(CCCC2CC2)ccn1)(C(C)=O)C(C)C. The van der Waals surface area contributed by atoms with Gasteiger partial charge in [0.2, 0.25) is 0 Å². The summed E-state index contributed by atoms with van der Waals surface area (Å²) < 4.78 is 10.9. The number of carbonyl (C=O) groups is 1. The number of carbonyl (C=O) groups excluding carboxylic acids is 1. The Morgan fingerprint density at radius 3 is 2.75 bits per heavy atom. The van der Waals surface area contributed by atoms with Gasteiger partial charge in [-0.1, -0.05) is 33.1 Å². The van der Waals surface area contributed by atoms with Gasteiger partial charge in [0.25, 0.3) is 0 Å². The van der Waals surface area contributed by atoms with Crippen LogP contribution in [0.3, 0.4) is 0 Å². The first-order chi connectivity index (χ1) is 11.5. The van der Waals surface area contributed by atoms with E-state index in [-0.39, 0.29) is 18.5 Å². The summed E-state index contributed by atoms with van der Waals surface area (Å²) in [5.41, 5.74) is 1.34. The fourth-order valence-electron chi connectivity index (χ4n) is 3.27. The minimum Gasteiger partial charge on any atom is -0.359 e. The highest BCUT2D eigenvalue weighted by molar-refractivity contribution is 5.85. The molecule has 4 nitrogen and oxygen atoms in total. The van der Waals surface area contributed by atoms with E-state index in [1.54, 1.807) is 14.0 Å². The third-order valence-electron chi connectivity index (χ3n) is 5.06. The molecule has 1 atom stereocenters. The molecule has 0 amide bonds. The van der Waals surface area contributed by atoms with E-state index in [4.69, 9.17) is 9.47 Å². The summed E-state index contributed by atoms with van der Waals surface area (Å²) in [6, 6.07) is 4.21. The van der Waals surface area contributed by atoms with Gasteiger partial charge in [-0.2, -0.15) is 0 Å². The van der Waals surface area contributed by atoms with Crippen molar-refractivity contribution in [1.29, 1.82) is 0 Å². The molecule has 0 bridgehead atoms. The summed E-state index contributed by atoms with van der Waals surface area (Å²) in [6.07, 6.45) is 8.80. The maximum Gasteiger partial charge on any atom is 0.162 e. The zero-order chi connectivity index (χ0) is 17.6. The Balaban J connectivity index is 2.07. The first-order valence-corrected chi connectivity index (χ1v) is 9.05. The minimum absolute atomic E-state index is 0.0236. The highest BCUT2D eigenvalue weighted by Crippen LogP contribution is 2.34. The summed E-state index contributed by atoms with van der Waals surface area (Å²) in [4.78, 5) is 16.8. The first kappa shape index (κ1) is 19.1. The van der Waals surface area contributed by atoms with Gasteiger partial charge in [0.15, 0.2) is 5.78 Å².